The van der Waals surface area contributed by atoms with Crippen molar-refractivity contribution in [1.29, 1.82) is 0 Å². The maximum atomic E-state index is 11.0. The SMILES string of the molecule is Cl.NNc1cc(Cl)ccc1Cl.O=C1CCN(c2cc(Cl)ccc2Cl)N1. The standard InChI is InChI=1S/C9H8Cl2N2O.C6H6Cl2N2.ClH/c10-6-1-2-7(11)8(5-6)13-4-3-9(14)12-13;7-4-1-2-5(8)6(3-4)10-9;/h1-2,5H,3-4H2,(H,12,14);1-3,10H,9H2;1H. The van der Waals surface area contributed by atoms with Gasteiger partial charge in [-0.25, -0.2) is 0 Å². The highest BCUT2D eigenvalue weighted by Gasteiger charge is 2.20. The zero-order chi connectivity index (χ0) is 17.7. The van der Waals surface area contributed by atoms with Crippen LogP contribution >= 0.6 is 58.8 Å². The first-order valence-corrected chi connectivity index (χ1v) is 8.35. The number of nitrogens with one attached hydrogen (secondary N) is 2. The molecule has 0 spiro atoms. The number of hydrogen-bond acceptors (Lipinski definition) is 4. The summed E-state index contributed by atoms with van der Waals surface area (Å²) in [4.78, 5) is 11.0. The van der Waals surface area contributed by atoms with E-state index in [-0.39, 0.29) is 18.3 Å². The van der Waals surface area contributed by atoms with E-state index in [1.807, 2.05) is 0 Å². The third-order valence-electron chi connectivity index (χ3n) is 3.11. The summed E-state index contributed by atoms with van der Waals surface area (Å²) in [6.07, 6.45) is 0.489. The maximum Gasteiger partial charge on any atom is 0.240 e. The predicted molar refractivity (Wildman–Crippen MR) is 108 cm³/mol. The molecular weight excluding hydrogens is 429 g/mol. The summed E-state index contributed by atoms with van der Waals surface area (Å²) < 4.78 is 0. The minimum Gasteiger partial charge on any atom is -0.323 e. The van der Waals surface area contributed by atoms with Gasteiger partial charge in [0.1, 0.15) is 0 Å². The van der Waals surface area contributed by atoms with E-state index < -0.39 is 0 Å². The van der Waals surface area contributed by atoms with Gasteiger partial charge in [-0.3, -0.25) is 21.1 Å². The molecule has 1 amide bonds. The molecule has 0 radical (unpaired) electrons. The molecule has 0 unspecified atom stereocenters. The van der Waals surface area contributed by atoms with Crippen LogP contribution in [-0.2, 0) is 4.79 Å². The van der Waals surface area contributed by atoms with Crippen LogP contribution in [0.4, 0.5) is 11.4 Å². The van der Waals surface area contributed by atoms with Gasteiger partial charge in [0.2, 0.25) is 5.91 Å². The Morgan fingerprint density at radius 1 is 1.00 bits per heavy atom. The van der Waals surface area contributed by atoms with Crippen molar-refractivity contribution in [3.63, 3.8) is 0 Å². The van der Waals surface area contributed by atoms with Crippen LogP contribution < -0.4 is 21.7 Å². The Morgan fingerprint density at radius 2 is 1.60 bits per heavy atom. The van der Waals surface area contributed by atoms with Gasteiger partial charge in [0.25, 0.3) is 0 Å². The Balaban J connectivity index is 0.000000254. The maximum absolute atomic E-state index is 11.0. The molecule has 10 heteroatoms. The third-order valence-corrected chi connectivity index (χ3v) is 4.22. The lowest BCUT2D eigenvalue weighted by molar-refractivity contribution is -0.119. The molecule has 25 heavy (non-hydrogen) atoms. The van der Waals surface area contributed by atoms with Crippen LogP contribution in [0.2, 0.25) is 20.1 Å². The van der Waals surface area contributed by atoms with Crippen molar-refractivity contribution in [3.8, 4) is 0 Å². The molecule has 136 valence electrons. The monoisotopic (exact) mass is 442 g/mol. The van der Waals surface area contributed by atoms with Crippen molar-refractivity contribution in [2.45, 2.75) is 6.42 Å². The number of amides is 1. The second-order valence-corrected chi connectivity index (χ2v) is 6.49. The first-order valence-electron chi connectivity index (χ1n) is 6.84. The first-order chi connectivity index (χ1) is 11.4. The number of hydrazine groups is 2. The van der Waals surface area contributed by atoms with Gasteiger partial charge in [0, 0.05) is 23.0 Å². The fraction of sp³-hybridized carbons (Fsp3) is 0.133. The largest absolute Gasteiger partial charge is 0.323 e. The molecule has 0 aromatic heterocycles. The van der Waals surface area contributed by atoms with Gasteiger partial charge in [-0.05, 0) is 36.4 Å². The van der Waals surface area contributed by atoms with Crippen LogP contribution in [0, 0.1) is 0 Å². The highest BCUT2D eigenvalue weighted by Crippen LogP contribution is 2.29. The predicted octanol–water partition coefficient (Wildman–Crippen LogP) is 4.94. The molecular formula is C15H15Cl5N4O. The van der Waals surface area contributed by atoms with Gasteiger partial charge in [-0.2, -0.15) is 0 Å². The Labute approximate surface area is 171 Å². The number of halogens is 5. The van der Waals surface area contributed by atoms with Crippen molar-refractivity contribution in [2.24, 2.45) is 5.84 Å². The number of nitrogen functional groups attached to an aromatic ring is 1. The number of carbonyl (C=O) groups is 1. The summed E-state index contributed by atoms with van der Waals surface area (Å²) in [6, 6.07) is 10.2. The first kappa shape index (κ1) is 22.0. The van der Waals surface area contributed by atoms with Gasteiger partial charge in [0.15, 0.2) is 0 Å². The number of nitrogens with two attached hydrogens (primary N) is 1. The van der Waals surface area contributed by atoms with Crippen molar-refractivity contribution >= 4 is 76.1 Å². The van der Waals surface area contributed by atoms with Gasteiger partial charge >= 0.3 is 0 Å². The van der Waals surface area contributed by atoms with Crippen molar-refractivity contribution in [2.75, 3.05) is 17.0 Å². The minimum absolute atomic E-state index is 0. The summed E-state index contributed by atoms with van der Waals surface area (Å²) in [7, 11) is 0. The quantitative estimate of drug-likeness (QED) is 0.454. The van der Waals surface area contributed by atoms with E-state index in [9.17, 15) is 4.79 Å². The lowest BCUT2D eigenvalue weighted by Gasteiger charge is -2.18. The summed E-state index contributed by atoms with van der Waals surface area (Å²) in [5.41, 5.74) is 6.48. The van der Waals surface area contributed by atoms with Crippen LogP contribution in [-0.4, -0.2) is 12.5 Å². The molecule has 0 atom stereocenters. The molecule has 1 heterocycles. The zero-order valence-electron chi connectivity index (χ0n) is 12.7. The molecule has 4 N–H and O–H groups in total. The van der Waals surface area contributed by atoms with E-state index in [0.717, 1.165) is 5.69 Å². The lowest BCUT2D eigenvalue weighted by Crippen LogP contribution is -2.33. The molecule has 1 aliphatic heterocycles. The number of anilines is 2. The van der Waals surface area contributed by atoms with E-state index >= 15 is 0 Å². The topological polar surface area (TPSA) is 70.4 Å². The molecule has 2 aromatic carbocycles. The minimum atomic E-state index is 0. The lowest BCUT2D eigenvalue weighted by atomic mass is 10.3. The average molecular weight is 445 g/mol. The Morgan fingerprint density at radius 3 is 2.12 bits per heavy atom. The summed E-state index contributed by atoms with van der Waals surface area (Å²) in [5, 5.41) is 4.06. The van der Waals surface area contributed by atoms with Crippen molar-refractivity contribution in [3.05, 3.63) is 56.5 Å². The normalized spacial score (nSPS) is 12.7. The Kier molecular flexibility index (Phi) is 8.93. The van der Waals surface area contributed by atoms with Gasteiger partial charge in [-0.15, -0.1) is 12.4 Å². The molecule has 0 bridgehead atoms. The van der Waals surface area contributed by atoms with Gasteiger partial charge in [-0.1, -0.05) is 46.4 Å². The molecule has 0 aliphatic carbocycles. The number of hydrogen-bond donors (Lipinski definition) is 3. The molecule has 1 saturated heterocycles. The second kappa shape index (κ2) is 10.2. The van der Waals surface area contributed by atoms with E-state index in [1.54, 1.807) is 41.4 Å². The van der Waals surface area contributed by atoms with E-state index in [0.29, 0.717) is 38.7 Å². The van der Waals surface area contributed by atoms with Crippen molar-refractivity contribution < 1.29 is 4.79 Å². The average Bonchev–Trinajstić information content (AvgIpc) is 2.99. The number of nitrogens with zero attached hydrogens (tertiary/aromatic N) is 1. The van der Waals surface area contributed by atoms with Crippen LogP contribution in [0.5, 0.6) is 0 Å². The van der Waals surface area contributed by atoms with Crippen LogP contribution in [0.3, 0.4) is 0 Å². The Bertz CT molecular complexity index is 744. The van der Waals surface area contributed by atoms with Crippen molar-refractivity contribution in [1.82, 2.24) is 5.43 Å². The highest BCUT2D eigenvalue weighted by atomic mass is 35.5. The molecule has 5 nitrogen and oxygen atoms in total. The van der Waals surface area contributed by atoms with Gasteiger partial charge < -0.3 is 5.43 Å². The third kappa shape index (κ3) is 6.29. The number of rotatable bonds is 2. The van der Waals surface area contributed by atoms with E-state index in [1.165, 1.54) is 0 Å². The smallest absolute Gasteiger partial charge is 0.240 e. The Hall–Kier alpha value is -1.08. The summed E-state index contributed by atoms with van der Waals surface area (Å²) in [6.45, 7) is 0.624. The zero-order valence-corrected chi connectivity index (χ0v) is 16.6. The molecule has 1 aliphatic rings. The number of benzene rings is 2. The van der Waals surface area contributed by atoms with Crippen LogP contribution in [0.15, 0.2) is 36.4 Å². The molecule has 0 saturated carbocycles. The highest BCUT2D eigenvalue weighted by molar-refractivity contribution is 6.35. The summed E-state index contributed by atoms with van der Waals surface area (Å²) in [5.74, 6) is 5.13. The number of carbonyl (C=O) groups excluding carboxylic acids is 1. The fourth-order valence-electron chi connectivity index (χ4n) is 1.96. The fourth-order valence-corrected chi connectivity index (χ4v) is 2.69. The molecule has 1 fully saturated rings. The van der Waals surface area contributed by atoms with Crippen LogP contribution in [0.1, 0.15) is 6.42 Å². The van der Waals surface area contributed by atoms with Gasteiger partial charge in [0.05, 0.1) is 21.4 Å². The molecule has 2 aromatic rings. The summed E-state index contributed by atoms with van der Waals surface area (Å²) >= 11 is 23.1. The van der Waals surface area contributed by atoms with E-state index in [4.69, 9.17) is 52.2 Å². The van der Waals surface area contributed by atoms with Crippen LogP contribution in [0.25, 0.3) is 0 Å². The second-order valence-electron chi connectivity index (χ2n) is 4.80. The molecule has 3 rings (SSSR count). The van der Waals surface area contributed by atoms with E-state index in [2.05, 4.69) is 10.9 Å².